The van der Waals surface area contributed by atoms with Gasteiger partial charge in [-0.15, -0.1) is 0 Å². The first-order valence-electron chi connectivity index (χ1n) is 7.77. The van der Waals surface area contributed by atoms with Crippen molar-refractivity contribution in [2.75, 3.05) is 25.0 Å². The summed E-state index contributed by atoms with van der Waals surface area (Å²) in [5.74, 6) is -0.0211. The second kappa shape index (κ2) is 6.24. The third-order valence-electron chi connectivity index (χ3n) is 4.52. The number of benzene rings is 1. The molecule has 2 atom stereocenters. The number of anilines is 1. The Hall–Kier alpha value is -1.26. The van der Waals surface area contributed by atoms with Crippen LogP contribution >= 0.6 is 11.6 Å². The lowest BCUT2D eigenvalue weighted by Gasteiger charge is -2.22. The van der Waals surface area contributed by atoms with Gasteiger partial charge in [-0.05, 0) is 50.9 Å². The molecule has 0 spiro atoms. The highest BCUT2D eigenvalue weighted by Crippen LogP contribution is 2.28. The molecular weight excluding hydrogens is 286 g/mol. The second-order valence-electron chi connectivity index (χ2n) is 5.83. The average molecular weight is 308 g/mol. The SMILES string of the molecule is CCNc1ccc(Cl)cc1C(=O)NC1CCN2CCCC12. The van der Waals surface area contributed by atoms with E-state index in [1.54, 1.807) is 6.07 Å². The van der Waals surface area contributed by atoms with Gasteiger partial charge in [-0.25, -0.2) is 0 Å². The summed E-state index contributed by atoms with van der Waals surface area (Å²) in [6.45, 7) is 5.08. The topological polar surface area (TPSA) is 44.4 Å². The number of nitrogens with zero attached hydrogens (tertiary/aromatic N) is 1. The van der Waals surface area contributed by atoms with E-state index in [-0.39, 0.29) is 11.9 Å². The van der Waals surface area contributed by atoms with Crippen molar-refractivity contribution in [1.82, 2.24) is 10.2 Å². The Labute approximate surface area is 130 Å². The van der Waals surface area contributed by atoms with Gasteiger partial charge in [-0.2, -0.15) is 0 Å². The number of halogens is 1. The van der Waals surface area contributed by atoms with Gasteiger partial charge in [-0.3, -0.25) is 9.69 Å². The van der Waals surface area contributed by atoms with Crippen LogP contribution < -0.4 is 10.6 Å². The summed E-state index contributed by atoms with van der Waals surface area (Å²) in [5.41, 5.74) is 1.49. The minimum Gasteiger partial charge on any atom is -0.385 e. The summed E-state index contributed by atoms with van der Waals surface area (Å²) in [5, 5.41) is 7.03. The van der Waals surface area contributed by atoms with Crippen LogP contribution in [-0.4, -0.2) is 42.5 Å². The van der Waals surface area contributed by atoms with Crippen LogP contribution in [0.4, 0.5) is 5.69 Å². The van der Waals surface area contributed by atoms with E-state index in [1.807, 2.05) is 19.1 Å². The molecule has 2 aliphatic rings. The minimum atomic E-state index is -0.0211. The van der Waals surface area contributed by atoms with Crippen molar-refractivity contribution in [2.24, 2.45) is 0 Å². The number of nitrogens with one attached hydrogen (secondary N) is 2. The van der Waals surface area contributed by atoms with Gasteiger partial charge in [-0.1, -0.05) is 11.6 Å². The van der Waals surface area contributed by atoms with Crippen LogP contribution in [0.2, 0.25) is 5.02 Å². The maximum absolute atomic E-state index is 12.6. The van der Waals surface area contributed by atoms with Gasteiger partial charge < -0.3 is 10.6 Å². The molecule has 1 aromatic rings. The van der Waals surface area contributed by atoms with Crippen molar-refractivity contribution in [3.8, 4) is 0 Å². The van der Waals surface area contributed by atoms with E-state index in [0.29, 0.717) is 16.6 Å². The summed E-state index contributed by atoms with van der Waals surface area (Å²) in [4.78, 5) is 15.1. The van der Waals surface area contributed by atoms with Gasteiger partial charge >= 0.3 is 0 Å². The fourth-order valence-electron chi connectivity index (χ4n) is 3.55. The van der Waals surface area contributed by atoms with Crippen LogP contribution in [0, 0.1) is 0 Å². The monoisotopic (exact) mass is 307 g/mol. The third kappa shape index (κ3) is 3.01. The first-order valence-corrected chi connectivity index (χ1v) is 8.15. The molecule has 0 radical (unpaired) electrons. The summed E-state index contributed by atoms with van der Waals surface area (Å²) in [6.07, 6.45) is 3.49. The Morgan fingerprint density at radius 2 is 2.24 bits per heavy atom. The highest BCUT2D eigenvalue weighted by molar-refractivity contribution is 6.31. The molecule has 0 aliphatic carbocycles. The quantitative estimate of drug-likeness (QED) is 0.899. The number of fused-ring (bicyclic) bond motifs is 1. The van der Waals surface area contributed by atoms with Crippen molar-refractivity contribution in [2.45, 2.75) is 38.3 Å². The second-order valence-corrected chi connectivity index (χ2v) is 6.27. The molecule has 1 aromatic carbocycles. The number of hydrogen-bond acceptors (Lipinski definition) is 3. The molecule has 0 saturated carbocycles. The molecule has 114 valence electrons. The smallest absolute Gasteiger partial charge is 0.253 e. The fraction of sp³-hybridized carbons (Fsp3) is 0.562. The van der Waals surface area contributed by atoms with Gasteiger partial charge in [0.2, 0.25) is 0 Å². The Balaban J connectivity index is 1.74. The van der Waals surface area contributed by atoms with Crippen LogP contribution in [0.15, 0.2) is 18.2 Å². The highest BCUT2D eigenvalue weighted by atomic mass is 35.5. The Morgan fingerprint density at radius 1 is 1.38 bits per heavy atom. The summed E-state index contributed by atoms with van der Waals surface area (Å²) in [6, 6.07) is 6.22. The van der Waals surface area contributed by atoms with Crippen molar-refractivity contribution >= 4 is 23.2 Å². The molecule has 0 bridgehead atoms. The van der Waals surface area contributed by atoms with Crippen molar-refractivity contribution in [1.29, 1.82) is 0 Å². The van der Waals surface area contributed by atoms with Crippen LogP contribution in [0.1, 0.15) is 36.5 Å². The Kier molecular flexibility index (Phi) is 4.36. The number of carbonyl (C=O) groups excluding carboxylic acids is 1. The number of carbonyl (C=O) groups is 1. The highest BCUT2D eigenvalue weighted by Gasteiger charge is 2.38. The Bertz CT molecular complexity index is 534. The fourth-order valence-corrected chi connectivity index (χ4v) is 3.72. The van der Waals surface area contributed by atoms with Crippen molar-refractivity contribution in [3.05, 3.63) is 28.8 Å². The zero-order valence-electron chi connectivity index (χ0n) is 12.4. The maximum atomic E-state index is 12.6. The molecule has 0 aromatic heterocycles. The minimum absolute atomic E-state index is 0.0211. The van der Waals surface area contributed by atoms with Gasteiger partial charge in [0.05, 0.1) is 5.56 Å². The summed E-state index contributed by atoms with van der Waals surface area (Å²) < 4.78 is 0. The molecule has 4 nitrogen and oxygen atoms in total. The molecule has 2 aliphatic heterocycles. The molecule has 2 saturated heterocycles. The Morgan fingerprint density at radius 3 is 3.05 bits per heavy atom. The van der Waals surface area contributed by atoms with Crippen LogP contribution in [0.5, 0.6) is 0 Å². The van der Waals surface area contributed by atoms with E-state index in [9.17, 15) is 4.79 Å². The predicted octanol–water partition coefficient (Wildman–Crippen LogP) is 2.74. The molecule has 3 rings (SSSR count). The number of hydrogen-bond donors (Lipinski definition) is 2. The predicted molar refractivity (Wildman–Crippen MR) is 86.1 cm³/mol. The molecule has 2 heterocycles. The van der Waals surface area contributed by atoms with Gasteiger partial charge in [0, 0.05) is 35.9 Å². The number of rotatable bonds is 4. The lowest BCUT2D eigenvalue weighted by Crippen LogP contribution is -2.42. The zero-order valence-corrected chi connectivity index (χ0v) is 13.1. The normalized spacial score (nSPS) is 24.9. The first kappa shape index (κ1) is 14.7. The average Bonchev–Trinajstić information content (AvgIpc) is 3.06. The van der Waals surface area contributed by atoms with Crippen molar-refractivity contribution in [3.63, 3.8) is 0 Å². The van der Waals surface area contributed by atoms with E-state index in [2.05, 4.69) is 15.5 Å². The molecule has 2 fully saturated rings. The van der Waals surface area contributed by atoms with Crippen LogP contribution in [0.3, 0.4) is 0 Å². The van der Waals surface area contributed by atoms with Crippen LogP contribution in [-0.2, 0) is 0 Å². The molecule has 21 heavy (non-hydrogen) atoms. The maximum Gasteiger partial charge on any atom is 0.253 e. The lowest BCUT2D eigenvalue weighted by atomic mass is 10.1. The summed E-state index contributed by atoms with van der Waals surface area (Å²) in [7, 11) is 0. The largest absolute Gasteiger partial charge is 0.385 e. The van der Waals surface area contributed by atoms with E-state index in [4.69, 9.17) is 11.6 Å². The van der Waals surface area contributed by atoms with Gasteiger partial charge in [0.15, 0.2) is 0 Å². The zero-order chi connectivity index (χ0) is 14.8. The van der Waals surface area contributed by atoms with E-state index >= 15 is 0 Å². The summed E-state index contributed by atoms with van der Waals surface area (Å²) >= 11 is 6.05. The molecule has 5 heteroatoms. The third-order valence-corrected chi connectivity index (χ3v) is 4.75. The standard InChI is InChI=1S/C16H22ClN3O/c1-2-18-13-6-5-11(17)10-12(13)16(21)19-14-7-9-20-8-3-4-15(14)20/h5-6,10,14-15,18H,2-4,7-9H2,1H3,(H,19,21). The van der Waals surface area contributed by atoms with Gasteiger partial charge in [0.25, 0.3) is 5.91 Å². The van der Waals surface area contributed by atoms with Crippen LogP contribution in [0.25, 0.3) is 0 Å². The van der Waals surface area contributed by atoms with Crippen molar-refractivity contribution < 1.29 is 4.79 Å². The van der Waals surface area contributed by atoms with E-state index in [0.717, 1.165) is 25.2 Å². The molecular formula is C16H22ClN3O. The van der Waals surface area contributed by atoms with Gasteiger partial charge in [0.1, 0.15) is 0 Å². The van der Waals surface area contributed by atoms with E-state index < -0.39 is 0 Å². The molecule has 2 unspecified atom stereocenters. The number of amides is 1. The van der Waals surface area contributed by atoms with E-state index in [1.165, 1.54) is 19.4 Å². The molecule has 2 N–H and O–H groups in total. The first-order chi connectivity index (χ1) is 10.2. The molecule has 1 amide bonds. The lowest BCUT2D eigenvalue weighted by molar-refractivity contribution is 0.0930.